The zero-order chi connectivity index (χ0) is 47.1. The molecule has 18 heteroatoms. The molecular formula is C43H58N2O16+2. The summed E-state index contributed by atoms with van der Waals surface area (Å²) in [4.78, 5) is 91.2. The van der Waals surface area contributed by atoms with Gasteiger partial charge < -0.3 is 48.4 Å². The van der Waals surface area contributed by atoms with Gasteiger partial charge >= 0.3 is 47.8 Å². The number of hydrogen-bond acceptors (Lipinski definition) is 14. The molecule has 0 saturated carbocycles. The van der Waals surface area contributed by atoms with E-state index in [0.29, 0.717) is 18.8 Å². The Labute approximate surface area is 355 Å². The third-order valence-electron chi connectivity index (χ3n) is 6.75. The SMILES string of the molecule is C=C(C)C(=O)OCCOC(=O)c1ccccc1C(=O)O.C=C(C)C(=O)OCCOC(=O)c1ccccc1C(=O)O.C=C(C)C(=O)OCC[NH+](C)C.C=CC(=O)OCC[NH+](C)C. The van der Waals surface area contributed by atoms with Crippen LogP contribution in [-0.2, 0) is 47.6 Å². The summed E-state index contributed by atoms with van der Waals surface area (Å²) in [5, 5.41) is 17.9. The first-order chi connectivity index (χ1) is 28.6. The van der Waals surface area contributed by atoms with Crippen LogP contribution < -0.4 is 9.80 Å². The highest BCUT2D eigenvalue weighted by atomic mass is 16.6. The molecule has 2 aromatic rings. The number of carbonyl (C=O) groups is 8. The Balaban J connectivity index is 0. The van der Waals surface area contributed by atoms with E-state index < -0.39 is 35.8 Å². The van der Waals surface area contributed by atoms with Crippen LogP contribution in [0.15, 0.2) is 97.6 Å². The number of hydrogen-bond donors (Lipinski definition) is 4. The van der Waals surface area contributed by atoms with Gasteiger partial charge in [0, 0.05) is 22.8 Å². The van der Waals surface area contributed by atoms with Crippen LogP contribution in [0, 0.1) is 0 Å². The molecule has 0 saturated heterocycles. The fourth-order valence-electron chi connectivity index (χ4n) is 3.52. The summed E-state index contributed by atoms with van der Waals surface area (Å²) in [6, 6.07) is 11.4. The second kappa shape index (κ2) is 32.0. The Hall–Kier alpha value is -6.92. The second-order valence-corrected chi connectivity index (χ2v) is 13.0. The van der Waals surface area contributed by atoms with Crippen molar-refractivity contribution >= 4 is 47.8 Å². The molecule has 0 aliphatic rings. The minimum absolute atomic E-state index is 0.0498. The predicted molar refractivity (Wildman–Crippen MR) is 221 cm³/mol. The first-order valence-electron chi connectivity index (χ1n) is 18.4. The van der Waals surface area contributed by atoms with Crippen molar-refractivity contribution < 1.29 is 86.8 Å². The van der Waals surface area contributed by atoms with Crippen molar-refractivity contribution in [2.45, 2.75) is 20.8 Å². The van der Waals surface area contributed by atoms with E-state index >= 15 is 0 Å². The maximum Gasteiger partial charge on any atom is 0.339 e. The molecule has 0 spiro atoms. The molecule has 18 nitrogen and oxygen atoms in total. The Kier molecular flexibility index (Phi) is 29.5. The number of rotatable bonds is 20. The monoisotopic (exact) mass is 858 g/mol. The quantitative estimate of drug-likeness (QED) is 0.0637. The number of aromatic carboxylic acids is 2. The largest absolute Gasteiger partial charge is 0.478 e. The Morgan fingerprint density at radius 3 is 1.05 bits per heavy atom. The molecule has 0 atom stereocenters. The second-order valence-electron chi connectivity index (χ2n) is 13.0. The van der Waals surface area contributed by atoms with E-state index in [9.17, 15) is 38.4 Å². The molecule has 2 rings (SSSR count). The molecule has 0 unspecified atom stereocenters. The van der Waals surface area contributed by atoms with Crippen molar-refractivity contribution in [1.29, 1.82) is 0 Å². The van der Waals surface area contributed by atoms with E-state index in [1.165, 1.54) is 78.3 Å². The Morgan fingerprint density at radius 1 is 0.492 bits per heavy atom. The maximum absolute atomic E-state index is 11.7. The molecule has 0 amide bonds. The number of carboxylic acids is 2. The smallest absolute Gasteiger partial charge is 0.339 e. The lowest BCUT2D eigenvalue weighted by Crippen LogP contribution is -3.06. The number of quaternary nitrogens is 2. The molecule has 4 N–H and O–H groups in total. The number of carbonyl (C=O) groups excluding carboxylic acids is 6. The minimum Gasteiger partial charge on any atom is -0.478 e. The van der Waals surface area contributed by atoms with Crippen molar-refractivity contribution in [3.63, 3.8) is 0 Å². The highest BCUT2D eigenvalue weighted by Crippen LogP contribution is 2.11. The third-order valence-corrected chi connectivity index (χ3v) is 6.75. The van der Waals surface area contributed by atoms with Gasteiger partial charge in [0.2, 0.25) is 0 Å². The molecule has 2 aromatic carbocycles. The number of esters is 6. The molecular weight excluding hydrogens is 800 g/mol. The topological polar surface area (TPSA) is 241 Å². The number of benzene rings is 2. The summed E-state index contributed by atoms with van der Waals surface area (Å²) in [6.45, 7) is 20.2. The summed E-state index contributed by atoms with van der Waals surface area (Å²) >= 11 is 0. The van der Waals surface area contributed by atoms with E-state index in [1.807, 2.05) is 28.2 Å². The zero-order valence-electron chi connectivity index (χ0n) is 35.8. The molecule has 61 heavy (non-hydrogen) atoms. The number of ether oxygens (including phenoxy) is 6. The molecule has 0 aliphatic carbocycles. The third kappa shape index (κ3) is 27.4. The normalized spacial score (nSPS) is 9.66. The summed E-state index contributed by atoms with van der Waals surface area (Å²) in [7, 11) is 8.02. The van der Waals surface area contributed by atoms with Crippen molar-refractivity contribution in [3.05, 3.63) is 120 Å². The molecule has 334 valence electrons. The van der Waals surface area contributed by atoms with Gasteiger partial charge in [-0.2, -0.15) is 0 Å². The number of carboxylic acid groups (broad SMARTS) is 2. The van der Waals surface area contributed by atoms with Gasteiger partial charge in [-0.25, -0.2) is 38.4 Å². The van der Waals surface area contributed by atoms with Gasteiger partial charge in [-0.3, -0.25) is 0 Å². The average molecular weight is 859 g/mol. The van der Waals surface area contributed by atoms with Crippen LogP contribution in [0.25, 0.3) is 0 Å². The molecule has 0 aliphatic heterocycles. The van der Waals surface area contributed by atoms with Crippen molar-refractivity contribution in [2.24, 2.45) is 0 Å². The standard InChI is InChI=1S/2C14H14O6.C8H15NO2.C7H13NO2/c2*1-9(2)13(17)19-7-8-20-14(18)11-6-4-3-5-10(11)12(15)16;1-7(2)8(10)11-6-5-9(3)4;1-4-7(9)10-6-5-8(2)3/h2*3-6H,1,7-8H2,2H3,(H,15,16);1,5-6H2,2-4H3;4H,1,5-6H2,2-3H3/p+2. The van der Waals surface area contributed by atoms with Gasteiger partial charge in [0.1, 0.15) is 52.7 Å². The lowest BCUT2D eigenvalue weighted by molar-refractivity contribution is -0.858. The van der Waals surface area contributed by atoms with Crippen LogP contribution >= 0.6 is 0 Å². The summed E-state index contributed by atoms with van der Waals surface area (Å²) in [6.07, 6.45) is 1.17. The number of nitrogens with one attached hydrogen (secondary N) is 2. The fraction of sp³-hybridized carbons (Fsp3) is 0.349. The highest BCUT2D eigenvalue weighted by Gasteiger charge is 2.18. The maximum atomic E-state index is 11.7. The highest BCUT2D eigenvalue weighted by molar-refractivity contribution is 6.03. The van der Waals surface area contributed by atoms with Crippen LogP contribution in [0.5, 0.6) is 0 Å². The van der Waals surface area contributed by atoms with Crippen molar-refractivity contribution in [1.82, 2.24) is 0 Å². The van der Waals surface area contributed by atoms with Crippen LogP contribution in [0.3, 0.4) is 0 Å². The molecule has 0 aromatic heterocycles. The number of likely N-dealkylation sites (N-methyl/N-ethyl adjacent to an activating group) is 2. The summed E-state index contributed by atoms with van der Waals surface area (Å²) in [5.41, 5.74) is 0.559. The Morgan fingerprint density at radius 2 is 0.770 bits per heavy atom. The van der Waals surface area contributed by atoms with E-state index in [4.69, 9.17) is 38.6 Å². The Bertz CT molecular complexity index is 1750. The van der Waals surface area contributed by atoms with Crippen molar-refractivity contribution in [2.75, 3.05) is 80.9 Å². The lowest BCUT2D eigenvalue weighted by Gasteiger charge is -2.07. The van der Waals surface area contributed by atoms with Crippen LogP contribution in [0.2, 0.25) is 0 Å². The lowest BCUT2D eigenvalue weighted by atomic mass is 10.1. The van der Waals surface area contributed by atoms with E-state index in [2.05, 4.69) is 26.3 Å². The van der Waals surface area contributed by atoms with Crippen LogP contribution in [-0.4, -0.2) is 139 Å². The van der Waals surface area contributed by atoms with Gasteiger partial charge in [0.25, 0.3) is 0 Å². The zero-order valence-corrected chi connectivity index (χ0v) is 35.8. The average Bonchev–Trinajstić information content (AvgIpc) is 3.20. The molecule has 0 heterocycles. The first kappa shape index (κ1) is 56.2. The summed E-state index contributed by atoms with van der Waals surface area (Å²) in [5.74, 6) is -5.80. The fourth-order valence-corrected chi connectivity index (χ4v) is 3.52. The van der Waals surface area contributed by atoms with Gasteiger partial charge in [-0.15, -0.1) is 0 Å². The predicted octanol–water partition coefficient (Wildman–Crippen LogP) is 1.43. The van der Waals surface area contributed by atoms with Gasteiger partial charge in [-0.05, 0) is 45.0 Å². The van der Waals surface area contributed by atoms with Crippen molar-refractivity contribution in [3.8, 4) is 0 Å². The molecule has 0 fully saturated rings. The molecule has 0 bridgehead atoms. The van der Waals surface area contributed by atoms with E-state index in [1.54, 1.807) is 6.92 Å². The van der Waals surface area contributed by atoms with E-state index in [-0.39, 0.29) is 71.8 Å². The minimum atomic E-state index is -1.22. The first-order valence-corrected chi connectivity index (χ1v) is 18.4. The van der Waals surface area contributed by atoms with Crippen LogP contribution in [0.1, 0.15) is 62.2 Å². The summed E-state index contributed by atoms with van der Waals surface area (Å²) < 4.78 is 28.7. The van der Waals surface area contributed by atoms with Crippen LogP contribution in [0.4, 0.5) is 0 Å². The molecule has 0 radical (unpaired) electrons. The van der Waals surface area contributed by atoms with Gasteiger partial charge in [0.05, 0.1) is 50.4 Å². The van der Waals surface area contributed by atoms with Gasteiger partial charge in [-0.1, -0.05) is 50.6 Å². The van der Waals surface area contributed by atoms with Gasteiger partial charge in [0.15, 0.2) is 0 Å². The van der Waals surface area contributed by atoms with E-state index in [0.717, 1.165) is 13.1 Å².